The van der Waals surface area contributed by atoms with Crippen molar-refractivity contribution in [3.8, 4) is 0 Å². The number of furan rings is 1. The van der Waals surface area contributed by atoms with Crippen LogP contribution in [0.2, 0.25) is 0 Å². The normalized spacial score (nSPS) is 10.9. The van der Waals surface area contributed by atoms with Crippen molar-refractivity contribution in [2.24, 2.45) is 5.16 Å². The van der Waals surface area contributed by atoms with Gasteiger partial charge >= 0.3 is 0 Å². The molecule has 0 spiro atoms. The topological polar surface area (TPSA) is 58.6 Å². The molecule has 5 heteroatoms. The monoisotopic (exact) mass is 220 g/mol. The van der Waals surface area contributed by atoms with Gasteiger partial charge < -0.3 is 9.62 Å². The number of rotatable bonds is 3. The molecule has 0 saturated heterocycles. The van der Waals surface area contributed by atoms with Gasteiger partial charge in [0.25, 0.3) is 0 Å². The first kappa shape index (κ1) is 9.79. The molecular weight excluding hydrogens is 212 g/mol. The highest BCUT2D eigenvalue weighted by molar-refractivity contribution is 7.99. The molecule has 0 aliphatic heterocycles. The van der Waals surface area contributed by atoms with Crippen LogP contribution in [0.15, 0.2) is 56.2 Å². The Morgan fingerprint density at radius 3 is 3.00 bits per heavy atom. The van der Waals surface area contributed by atoms with E-state index in [1.165, 1.54) is 18.0 Å². The van der Waals surface area contributed by atoms with Gasteiger partial charge in [-0.25, -0.2) is 4.98 Å². The van der Waals surface area contributed by atoms with Crippen LogP contribution in [0.1, 0.15) is 5.76 Å². The van der Waals surface area contributed by atoms with E-state index in [0.29, 0.717) is 10.9 Å². The lowest BCUT2D eigenvalue weighted by atomic mass is 10.5. The van der Waals surface area contributed by atoms with E-state index < -0.39 is 0 Å². The first-order valence-corrected chi connectivity index (χ1v) is 5.06. The highest BCUT2D eigenvalue weighted by Crippen LogP contribution is 2.26. The maximum atomic E-state index is 8.31. The van der Waals surface area contributed by atoms with Gasteiger partial charge in [-0.15, -0.1) is 0 Å². The van der Waals surface area contributed by atoms with E-state index in [1.807, 2.05) is 18.2 Å². The minimum Gasteiger partial charge on any atom is -0.448 e. The van der Waals surface area contributed by atoms with E-state index in [-0.39, 0.29) is 0 Å². The number of hydrogen-bond donors (Lipinski definition) is 1. The molecular formula is C10H8N2O2S. The fraction of sp³-hybridized carbons (Fsp3) is 0. The van der Waals surface area contributed by atoms with Crippen LogP contribution >= 0.6 is 11.8 Å². The Labute approximate surface area is 90.6 Å². The number of oxime groups is 1. The van der Waals surface area contributed by atoms with Crippen molar-refractivity contribution >= 4 is 18.0 Å². The Morgan fingerprint density at radius 1 is 1.33 bits per heavy atom. The van der Waals surface area contributed by atoms with E-state index in [9.17, 15) is 0 Å². The lowest BCUT2D eigenvalue weighted by Crippen LogP contribution is -1.75. The van der Waals surface area contributed by atoms with Crippen LogP contribution in [0.3, 0.4) is 0 Å². The predicted molar refractivity (Wildman–Crippen MR) is 56.4 cm³/mol. The van der Waals surface area contributed by atoms with Crippen LogP contribution in [0, 0.1) is 0 Å². The zero-order valence-electron chi connectivity index (χ0n) is 7.70. The molecule has 0 atom stereocenters. The summed E-state index contributed by atoms with van der Waals surface area (Å²) in [4.78, 5) is 4.15. The second-order valence-corrected chi connectivity index (χ2v) is 3.70. The molecule has 1 N–H and O–H groups in total. The first-order valence-electron chi connectivity index (χ1n) is 4.24. The molecule has 0 saturated carbocycles. The lowest BCUT2D eigenvalue weighted by Gasteiger charge is -1.94. The second-order valence-electron chi connectivity index (χ2n) is 2.67. The molecule has 4 nitrogen and oxygen atoms in total. The Hall–Kier alpha value is -1.75. The molecule has 2 aromatic rings. The van der Waals surface area contributed by atoms with Crippen molar-refractivity contribution in [2.75, 3.05) is 0 Å². The summed E-state index contributed by atoms with van der Waals surface area (Å²) in [5, 5.41) is 12.8. The largest absolute Gasteiger partial charge is 0.448 e. The summed E-state index contributed by atoms with van der Waals surface area (Å²) in [6.07, 6.45) is 2.96. The van der Waals surface area contributed by atoms with Crippen molar-refractivity contribution in [3.63, 3.8) is 0 Å². The zero-order chi connectivity index (χ0) is 10.5. The quantitative estimate of drug-likeness (QED) is 0.490. The minimum absolute atomic E-state index is 0.510. The standard InChI is InChI=1S/C10H8N2O2S/c13-12-7-8-4-5-10(14-8)15-9-3-1-2-6-11-9/h1-7,13H. The van der Waals surface area contributed by atoms with Crippen molar-refractivity contribution in [1.82, 2.24) is 4.98 Å². The lowest BCUT2D eigenvalue weighted by molar-refractivity contribution is 0.320. The Morgan fingerprint density at radius 2 is 2.27 bits per heavy atom. The van der Waals surface area contributed by atoms with Crippen molar-refractivity contribution < 1.29 is 9.62 Å². The highest BCUT2D eigenvalue weighted by Gasteiger charge is 2.02. The average molecular weight is 220 g/mol. The zero-order valence-corrected chi connectivity index (χ0v) is 8.52. The van der Waals surface area contributed by atoms with Gasteiger partial charge in [0.15, 0.2) is 5.09 Å². The van der Waals surface area contributed by atoms with E-state index in [4.69, 9.17) is 9.62 Å². The van der Waals surface area contributed by atoms with Crippen LogP contribution in [-0.4, -0.2) is 16.4 Å². The molecule has 0 aromatic carbocycles. The van der Waals surface area contributed by atoms with Gasteiger partial charge in [0, 0.05) is 6.20 Å². The SMILES string of the molecule is ON=Cc1ccc(Sc2ccccn2)o1. The van der Waals surface area contributed by atoms with Gasteiger partial charge in [0.05, 0.1) is 0 Å². The van der Waals surface area contributed by atoms with Crippen LogP contribution in [0.4, 0.5) is 0 Å². The smallest absolute Gasteiger partial charge is 0.167 e. The maximum Gasteiger partial charge on any atom is 0.167 e. The highest BCUT2D eigenvalue weighted by atomic mass is 32.2. The molecule has 0 amide bonds. The molecule has 15 heavy (non-hydrogen) atoms. The van der Waals surface area contributed by atoms with Crippen molar-refractivity contribution in [1.29, 1.82) is 0 Å². The molecule has 76 valence electrons. The molecule has 0 fully saturated rings. The fourth-order valence-corrected chi connectivity index (χ4v) is 1.77. The number of aromatic nitrogens is 1. The summed E-state index contributed by atoms with van der Waals surface area (Å²) in [6, 6.07) is 9.19. The molecule has 0 radical (unpaired) electrons. The van der Waals surface area contributed by atoms with Crippen molar-refractivity contribution in [3.05, 3.63) is 42.3 Å². The van der Waals surface area contributed by atoms with E-state index in [2.05, 4.69) is 10.1 Å². The maximum absolute atomic E-state index is 8.31. The third kappa shape index (κ3) is 2.60. The molecule has 2 rings (SSSR count). The first-order chi connectivity index (χ1) is 7.38. The predicted octanol–water partition coefficient (Wildman–Crippen LogP) is 2.63. The summed E-state index contributed by atoms with van der Waals surface area (Å²) < 4.78 is 5.34. The molecule has 2 aromatic heterocycles. The number of nitrogens with zero attached hydrogens (tertiary/aromatic N) is 2. The molecule has 2 heterocycles. The Balaban J connectivity index is 2.11. The summed E-state index contributed by atoms with van der Waals surface area (Å²) in [5.41, 5.74) is 0. The second kappa shape index (κ2) is 4.65. The third-order valence-corrected chi connectivity index (χ3v) is 2.50. The van der Waals surface area contributed by atoms with Crippen LogP contribution < -0.4 is 0 Å². The van der Waals surface area contributed by atoms with Gasteiger partial charge in [0.2, 0.25) is 0 Å². The Kier molecular flexibility index (Phi) is 3.04. The number of hydrogen-bond acceptors (Lipinski definition) is 5. The molecule has 0 bridgehead atoms. The van der Waals surface area contributed by atoms with Gasteiger partial charge in [-0.1, -0.05) is 11.2 Å². The molecule has 0 aliphatic rings. The fourth-order valence-electron chi connectivity index (χ4n) is 1.03. The van der Waals surface area contributed by atoms with E-state index >= 15 is 0 Å². The van der Waals surface area contributed by atoms with Gasteiger partial charge in [-0.05, 0) is 36.0 Å². The van der Waals surface area contributed by atoms with Gasteiger partial charge in [0.1, 0.15) is 17.0 Å². The van der Waals surface area contributed by atoms with Crippen LogP contribution in [-0.2, 0) is 0 Å². The summed E-state index contributed by atoms with van der Waals surface area (Å²) in [5.74, 6) is 0.510. The minimum atomic E-state index is 0.510. The van der Waals surface area contributed by atoms with Crippen LogP contribution in [0.25, 0.3) is 0 Å². The Bertz CT molecular complexity index is 453. The van der Waals surface area contributed by atoms with E-state index in [1.54, 1.807) is 18.3 Å². The van der Waals surface area contributed by atoms with Gasteiger partial charge in [-0.3, -0.25) is 0 Å². The molecule has 0 aliphatic carbocycles. The summed E-state index contributed by atoms with van der Waals surface area (Å²) in [7, 11) is 0. The van der Waals surface area contributed by atoms with Gasteiger partial charge in [-0.2, -0.15) is 0 Å². The average Bonchev–Trinajstić information content (AvgIpc) is 2.68. The van der Waals surface area contributed by atoms with Crippen LogP contribution in [0.5, 0.6) is 0 Å². The third-order valence-electron chi connectivity index (χ3n) is 1.63. The van der Waals surface area contributed by atoms with E-state index in [0.717, 1.165) is 5.03 Å². The number of pyridine rings is 1. The molecule has 0 unspecified atom stereocenters. The van der Waals surface area contributed by atoms with Crippen molar-refractivity contribution in [2.45, 2.75) is 10.1 Å². The summed E-state index contributed by atoms with van der Waals surface area (Å²) >= 11 is 1.41. The summed E-state index contributed by atoms with van der Waals surface area (Å²) in [6.45, 7) is 0.